The summed E-state index contributed by atoms with van der Waals surface area (Å²) in [6.45, 7) is 6.13. The van der Waals surface area contributed by atoms with Crippen LogP contribution in [0.5, 0.6) is 23.0 Å². The van der Waals surface area contributed by atoms with Crippen LogP contribution in [0.15, 0.2) is 178 Å². The van der Waals surface area contributed by atoms with Gasteiger partial charge < -0.3 is 19.7 Å². The monoisotopic (exact) mass is 994 g/mol. The smallest absolute Gasteiger partial charge is 0.119 e. The fourth-order valence-corrected chi connectivity index (χ4v) is 9.10. The standard InChI is InChI=1S/2C21H27NO.C20H12N2O2S2/c2*1-2-3-4-5-6-7-18-23-21-12-10-19(11-13-21)8-9-20-14-16-22-17-15-20;21-11-13-7-14(12-22)20(26-18-6-2-4-16(24)9-18)10-19(13)25-17-5-1-3-15(23)8-17/h2*8-17H,2-7,18H2,1H3;1-10,23-24H/b2*9-8+;. The van der Waals surface area contributed by atoms with Gasteiger partial charge in [0.05, 0.1) is 24.3 Å². The number of nitriles is 2. The Kier molecular flexibility index (Phi) is 25.8. The van der Waals surface area contributed by atoms with Crippen molar-refractivity contribution in [3.63, 3.8) is 0 Å². The number of aromatic hydroxyl groups is 2. The Labute approximate surface area is 436 Å². The molecule has 5 aromatic carbocycles. The average Bonchev–Trinajstić information content (AvgIpc) is 3.41. The molecule has 0 spiro atoms. The number of unbranched alkanes of at least 4 members (excludes halogenated alkanes) is 10. The zero-order valence-corrected chi connectivity index (χ0v) is 43.2. The zero-order chi connectivity index (χ0) is 50.9. The highest BCUT2D eigenvalue weighted by atomic mass is 32.2. The molecular weight excluding hydrogens is 929 g/mol. The summed E-state index contributed by atoms with van der Waals surface area (Å²) >= 11 is 2.69. The normalized spacial score (nSPS) is 10.7. The van der Waals surface area contributed by atoms with E-state index in [0.717, 1.165) is 58.5 Å². The Morgan fingerprint density at radius 3 is 1.17 bits per heavy atom. The maximum Gasteiger partial charge on any atom is 0.119 e. The molecule has 0 fully saturated rings. The largest absolute Gasteiger partial charge is 0.508 e. The summed E-state index contributed by atoms with van der Waals surface area (Å²) in [7, 11) is 0. The predicted molar refractivity (Wildman–Crippen MR) is 297 cm³/mol. The van der Waals surface area contributed by atoms with Crippen LogP contribution in [-0.4, -0.2) is 33.4 Å². The molecule has 8 nitrogen and oxygen atoms in total. The van der Waals surface area contributed by atoms with Gasteiger partial charge in [0.25, 0.3) is 0 Å². The number of nitrogens with zero attached hydrogens (tertiary/aromatic N) is 4. The fourth-order valence-electron chi connectivity index (χ4n) is 7.08. The van der Waals surface area contributed by atoms with Crippen LogP contribution in [0.3, 0.4) is 0 Å². The number of ether oxygens (including phenoxy) is 2. The lowest BCUT2D eigenvalue weighted by molar-refractivity contribution is 0.304. The molecule has 0 atom stereocenters. The second-order valence-electron chi connectivity index (χ2n) is 16.9. The predicted octanol–water partition coefficient (Wildman–Crippen LogP) is 17.1. The average molecular weight is 995 g/mol. The van der Waals surface area contributed by atoms with Crippen LogP contribution < -0.4 is 9.47 Å². The van der Waals surface area contributed by atoms with Gasteiger partial charge in [0.1, 0.15) is 35.1 Å². The molecule has 2 aromatic heterocycles. The molecule has 0 saturated carbocycles. The maximum atomic E-state index is 9.63. The van der Waals surface area contributed by atoms with Crippen molar-refractivity contribution in [2.24, 2.45) is 0 Å². The third-order valence-electron chi connectivity index (χ3n) is 11.1. The molecule has 7 aromatic rings. The molecule has 2 heterocycles. The highest BCUT2D eigenvalue weighted by molar-refractivity contribution is 8.00. The van der Waals surface area contributed by atoms with Crippen molar-refractivity contribution >= 4 is 47.8 Å². The molecular formula is C62H66N4O4S2. The van der Waals surface area contributed by atoms with Crippen LogP contribution >= 0.6 is 23.5 Å². The number of pyridine rings is 2. The minimum atomic E-state index is 0.150. The van der Waals surface area contributed by atoms with Gasteiger partial charge in [-0.3, -0.25) is 9.97 Å². The van der Waals surface area contributed by atoms with E-state index in [1.165, 1.54) is 98.9 Å². The number of aromatic nitrogens is 2. The molecule has 0 amide bonds. The van der Waals surface area contributed by atoms with Crippen LogP contribution in [0.1, 0.15) is 124 Å². The number of benzene rings is 5. The summed E-state index contributed by atoms with van der Waals surface area (Å²) in [4.78, 5) is 11.0. The van der Waals surface area contributed by atoms with Crippen LogP contribution in [0.25, 0.3) is 24.3 Å². The van der Waals surface area contributed by atoms with Crippen molar-refractivity contribution in [2.75, 3.05) is 13.2 Å². The molecule has 370 valence electrons. The zero-order valence-electron chi connectivity index (χ0n) is 41.5. The quantitative estimate of drug-likeness (QED) is 0.0564. The van der Waals surface area contributed by atoms with E-state index in [1.807, 2.05) is 60.7 Å². The van der Waals surface area contributed by atoms with Gasteiger partial charge in [-0.2, -0.15) is 10.5 Å². The second kappa shape index (κ2) is 33.4. The molecule has 0 aliphatic carbocycles. The summed E-state index contributed by atoms with van der Waals surface area (Å²) < 4.78 is 11.6. The SMILES string of the molecule is CCCCCCCCOc1ccc(/C=C/c2ccncc2)cc1.CCCCCCCCOc1ccc(/C=C/c2ccncc2)cc1.N#Cc1cc(C#N)c(Sc2cccc(O)c2)cc1Sc1cccc(O)c1. The summed E-state index contributed by atoms with van der Waals surface area (Å²) in [5.41, 5.74) is 5.46. The first-order chi connectivity index (χ1) is 35.3. The van der Waals surface area contributed by atoms with E-state index in [4.69, 9.17) is 9.47 Å². The molecule has 0 radical (unpaired) electrons. The van der Waals surface area contributed by atoms with Crippen molar-refractivity contribution in [2.45, 2.75) is 110 Å². The van der Waals surface area contributed by atoms with Gasteiger partial charge >= 0.3 is 0 Å². The van der Waals surface area contributed by atoms with Crippen molar-refractivity contribution in [3.05, 3.63) is 192 Å². The summed E-state index contributed by atoms with van der Waals surface area (Å²) in [5, 5.41) is 38.1. The Morgan fingerprint density at radius 2 is 0.806 bits per heavy atom. The van der Waals surface area contributed by atoms with Crippen molar-refractivity contribution in [1.82, 2.24) is 9.97 Å². The third kappa shape index (κ3) is 21.8. The van der Waals surface area contributed by atoms with E-state index in [-0.39, 0.29) is 11.5 Å². The van der Waals surface area contributed by atoms with Crippen molar-refractivity contribution in [3.8, 4) is 35.1 Å². The van der Waals surface area contributed by atoms with Gasteiger partial charge in [0, 0.05) is 44.4 Å². The molecule has 0 unspecified atom stereocenters. The number of phenolic OH excluding ortho intramolecular Hbond substituents is 2. The number of hydrogen-bond donors (Lipinski definition) is 2. The Balaban J connectivity index is 0.000000201. The van der Waals surface area contributed by atoms with Gasteiger partial charge in [0.2, 0.25) is 0 Å². The molecule has 7 rings (SSSR count). The number of hydrogen-bond acceptors (Lipinski definition) is 10. The highest BCUT2D eigenvalue weighted by Crippen LogP contribution is 2.39. The Bertz CT molecular complexity index is 2580. The lowest BCUT2D eigenvalue weighted by atomic mass is 10.1. The molecule has 2 N–H and O–H groups in total. The number of phenols is 2. The molecule has 72 heavy (non-hydrogen) atoms. The molecule has 0 aliphatic rings. The van der Waals surface area contributed by atoms with Crippen molar-refractivity contribution < 1.29 is 19.7 Å². The number of rotatable bonds is 24. The van der Waals surface area contributed by atoms with Crippen molar-refractivity contribution in [1.29, 1.82) is 10.5 Å². The lowest BCUT2D eigenvalue weighted by Gasteiger charge is -2.10. The first kappa shape index (κ1) is 55.7. The van der Waals surface area contributed by atoms with Gasteiger partial charge in [-0.05, 0) is 132 Å². The van der Waals surface area contributed by atoms with E-state index >= 15 is 0 Å². The first-order valence-corrected chi connectivity index (χ1v) is 26.5. The van der Waals surface area contributed by atoms with Gasteiger partial charge in [-0.1, -0.05) is 162 Å². The molecule has 0 saturated heterocycles. The summed E-state index contributed by atoms with van der Waals surface area (Å²) in [6.07, 6.45) is 31.1. The first-order valence-electron chi connectivity index (χ1n) is 24.9. The summed E-state index contributed by atoms with van der Waals surface area (Å²) in [5.74, 6) is 2.22. The lowest BCUT2D eigenvalue weighted by Crippen LogP contribution is -1.97. The summed E-state index contributed by atoms with van der Waals surface area (Å²) in [6, 6.07) is 45.7. The van der Waals surface area contributed by atoms with Crippen LogP contribution in [0.4, 0.5) is 0 Å². The maximum absolute atomic E-state index is 9.63. The minimum absolute atomic E-state index is 0.150. The molecule has 0 aliphatic heterocycles. The second-order valence-corrected chi connectivity index (χ2v) is 19.1. The minimum Gasteiger partial charge on any atom is -0.508 e. The van der Waals surface area contributed by atoms with E-state index in [9.17, 15) is 20.7 Å². The highest BCUT2D eigenvalue weighted by Gasteiger charge is 2.13. The Hall–Kier alpha value is -7.24. The van der Waals surface area contributed by atoms with E-state index in [2.05, 4.69) is 84.5 Å². The molecule has 0 bridgehead atoms. The van der Waals surface area contributed by atoms with Gasteiger partial charge in [-0.15, -0.1) is 0 Å². The van der Waals surface area contributed by atoms with E-state index < -0.39 is 0 Å². The van der Waals surface area contributed by atoms with Crippen LogP contribution in [-0.2, 0) is 0 Å². The topological polar surface area (TPSA) is 132 Å². The van der Waals surface area contributed by atoms with Crippen LogP contribution in [0, 0.1) is 22.7 Å². The van der Waals surface area contributed by atoms with Gasteiger partial charge in [-0.25, -0.2) is 0 Å². The molecule has 10 heteroatoms. The van der Waals surface area contributed by atoms with E-state index in [0.29, 0.717) is 20.9 Å². The Morgan fingerprint density at radius 1 is 0.444 bits per heavy atom. The fraction of sp³-hybridized carbons (Fsp3) is 0.258. The van der Waals surface area contributed by atoms with E-state index in [1.54, 1.807) is 73.3 Å². The third-order valence-corrected chi connectivity index (χ3v) is 13.2. The van der Waals surface area contributed by atoms with Gasteiger partial charge in [0.15, 0.2) is 0 Å². The van der Waals surface area contributed by atoms with Crippen LogP contribution in [0.2, 0.25) is 0 Å².